The molecule has 1 amide bonds. The van der Waals surface area contributed by atoms with Crippen LogP contribution in [0, 0.1) is 11.3 Å². The fourth-order valence-electron chi connectivity index (χ4n) is 2.54. The van der Waals surface area contributed by atoms with E-state index in [4.69, 9.17) is 5.26 Å². The number of hydrogen-bond donors (Lipinski definition) is 2. The molecule has 5 heteroatoms. The largest absolute Gasteiger partial charge is 0.356 e. The molecule has 120 valence electrons. The van der Waals surface area contributed by atoms with E-state index in [0.29, 0.717) is 31.4 Å². The van der Waals surface area contributed by atoms with Crippen LogP contribution in [-0.2, 0) is 17.6 Å². The van der Waals surface area contributed by atoms with Crippen molar-refractivity contribution in [3.05, 3.63) is 65.5 Å². The van der Waals surface area contributed by atoms with Gasteiger partial charge in [-0.15, -0.1) is 0 Å². The molecule has 3 rings (SSSR count). The Bertz CT molecular complexity index is 841. The first-order chi connectivity index (χ1) is 11.7. The Balaban J connectivity index is 1.42. The normalized spacial score (nSPS) is 10.5. The van der Waals surface area contributed by atoms with Crippen LogP contribution in [0.3, 0.4) is 0 Å². The van der Waals surface area contributed by atoms with Gasteiger partial charge in [-0.25, -0.2) is 4.98 Å². The number of carbonyl (C=O) groups is 1. The number of nitrogens with zero attached hydrogens (tertiary/aromatic N) is 2. The van der Waals surface area contributed by atoms with Gasteiger partial charge in [-0.3, -0.25) is 4.79 Å². The Labute approximate surface area is 140 Å². The third-order valence-corrected chi connectivity index (χ3v) is 3.85. The molecule has 0 atom stereocenters. The summed E-state index contributed by atoms with van der Waals surface area (Å²) in [6.45, 7) is 0.562. The van der Waals surface area contributed by atoms with Crippen LogP contribution in [0.1, 0.15) is 23.4 Å². The summed E-state index contributed by atoms with van der Waals surface area (Å²) in [4.78, 5) is 19.6. The number of nitrogens with one attached hydrogen (secondary N) is 2. The average molecular weight is 318 g/mol. The van der Waals surface area contributed by atoms with Crippen molar-refractivity contribution in [3.8, 4) is 6.07 Å². The lowest BCUT2D eigenvalue weighted by molar-refractivity contribution is -0.121. The van der Waals surface area contributed by atoms with Crippen LogP contribution >= 0.6 is 0 Å². The maximum atomic E-state index is 11.9. The van der Waals surface area contributed by atoms with Gasteiger partial charge in [0.2, 0.25) is 5.91 Å². The molecule has 2 N–H and O–H groups in total. The minimum absolute atomic E-state index is 0.0236. The number of benzene rings is 2. The van der Waals surface area contributed by atoms with Gasteiger partial charge in [-0.2, -0.15) is 5.26 Å². The molecular formula is C19H18N4O. The molecule has 0 saturated carbocycles. The predicted octanol–water partition coefficient (Wildman–Crippen LogP) is 2.73. The minimum Gasteiger partial charge on any atom is -0.356 e. The number of imidazole rings is 1. The quantitative estimate of drug-likeness (QED) is 0.733. The van der Waals surface area contributed by atoms with Gasteiger partial charge in [-0.1, -0.05) is 24.3 Å². The van der Waals surface area contributed by atoms with Crippen molar-refractivity contribution in [3.63, 3.8) is 0 Å². The zero-order valence-electron chi connectivity index (χ0n) is 13.2. The van der Waals surface area contributed by atoms with Crippen LogP contribution in [0.2, 0.25) is 0 Å². The Morgan fingerprint density at radius 1 is 1.12 bits per heavy atom. The third-order valence-electron chi connectivity index (χ3n) is 3.85. The van der Waals surface area contributed by atoms with Crippen LogP contribution in [-0.4, -0.2) is 22.4 Å². The third kappa shape index (κ3) is 3.99. The first-order valence-electron chi connectivity index (χ1n) is 7.94. The summed E-state index contributed by atoms with van der Waals surface area (Å²) in [6.07, 6.45) is 1.78. The van der Waals surface area contributed by atoms with Gasteiger partial charge in [0.15, 0.2) is 0 Å². The Morgan fingerprint density at radius 2 is 1.92 bits per heavy atom. The van der Waals surface area contributed by atoms with E-state index in [9.17, 15) is 4.79 Å². The van der Waals surface area contributed by atoms with E-state index in [1.54, 1.807) is 12.1 Å². The zero-order chi connectivity index (χ0) is 16.8. The highest BCUT2D eigenvalue weighted by atomic mass is 16.1. The predicted molar refractivity (Wildman–Crippen MR) is 92.3 cm³/mol. The van der Waals surface area contributed by atoms with Crippen LogP contribution in [0.15, 0.2) is 48.5 Å². The molecule has 0 aliphatic rings. The van der Waals surface area contributed by atoms with Gasteiger partial charge in [0.1, 0.15) is 5.82 Å². The molecule has 2 aromatic carbocycles. The first-order valence-corrected chi connectivity index (χ1v) is 7.94. The maximum absolute atomic E-state index is 11.9. The Morgan fingerprint density at radius 3 is 2.67 bits per heavy atom. The summed E-state index contributed by atoms with van der Waals surface area (Å²) in [5, 5.41) is 11.7. The molecule has 0 radical (unpaired) electrons. The van der Waals surface area contributed by atoms with E-state index in [1.807, 2.05) is 36.4 Å². The summed E-state index contributed by atoms with van der Waals surface area (Å²) < 4.78 is 0. The van der Waals surface area contributed by atoms with E-state index in [1.165, 1.54) is 0 Å². The SMILES string of the molecule is N#Cc1ccc(CCC(=O)NCCc2nc3ccccc3[nH]2)cc1. The summed E-state index contributed by atoms with van der Waals surface area (Å²) in [6, 6.07) is 17.3. The van der Waals surface area contributed by atoms with Crippen LogP contribution < -0.4 is 5.32 Å². The molecule has 0 aliphatic carbocycles. The van der Waals surface area contributed by atoms with E-state index < -0.39 is 0 Å². The summed E-state index contributed by atoms with van der Waals surface area (Å²) in [5.41, 5.74) is 3.65. The van der Waals surface area contributed by atoms with Crippen molar-refractivity contribution in [2.45, 2.75) is 19.3 Å². The van der Waals surface area contributed by atoms with Gasteiger partial charge in [0.25, 0.3) is 0 Å². The number of aromatic amines is 1. The van der Waals surface area contributed by atoms with Crippen molar-refractivity contribution in [1.82, 2.24) is 15.3 Å². The number of hydrogen-bond acceptors (Lipinski definition) is 3. The Kier molecular flexibility index (Phi) is 4.87. The van der Waals surface area contributed by atoms with Crippen LogP contribution in [0.4, 0.5) is 0 Å². The highest BCUT2D eigenvalue weighted by Crippen LogP contribution is 2.10. The number of nitriles is 1. The van der Waals surface area contributed by atoms with Crippen LogP contribution in [0.5, 0.6) is 0 Å². The minimum atomic E-state index is 0.0236. The lowest BCUT2D eigenvalue weighted by atomic mass is 10.1. The highest BCUT2D eigenvalue weighted by molar-refractivity contribution is 5.76. The molecule has 0 fully saturated rings. The molecule has 24 heavy (non-hydrogen) atoms. The molecule has 0 unspecified atom stereocenters. The van der Waals surface area contributed by atoms with Crippen molar-refractivity contribution in [2.24, 2.45) is 0 Å². The number of aromatic nitrogens is 2. The molecule has 0 aliphatic heterocycles. The van der Waals surface area contributed by atoms with Gasteiger partial charge < -0.3 is 10.3 Å². The van der Waals surface area contributed by atoms with Gasteiger partial charge in [0, 0.05) is 19.4 Å². The summed E-state index contributed by atoms with van der Waals surface area (Å²) in [7, 11) is 0. The van der Waals surface area contributed by atoms with Gasteiger partial charge in [0.05, 0.1) is 22.7 Å². The fraction of sp³-hybridized carbons (Fsp3) is 0.211. The molecular weight excluding hydrogens is 300 g/mol. The number of carbonyl (C=O) groups excluding carboxylic acids is 1. The second kappa shape index (κ2) is 7.42. The number of amides is 1. The summed E-state index contributed by atoms with van der Waals surface area (Å²) >= 11 is 0. The second-order valence-electron chi connectivity index (χ2n) is 5.61. The topological polar surface area (TPSA) is 81.6 Å². The van der Waals surface area contributed by atoms with E-state index in [0.717, 1.165) is 22.4 Å². The number of rotatable bonds is 6. The van der Waals surface area contributed by atoms with Gasteiger partial charge in [-0.05, 0) is 36.2 Å². The average Bonchev–Trinajstić information content (AvgIpc) is 3.03. The monoisotopic (exact) mass is 318 g/mol. The second-order valence-corrected chi connectivity index (χ2v) is 5.61. The lowest BCUT2D eigenvalue weighted by Gasteiger charge is -2.04. The maximum Gasteiger partial charge on any atom is 0.220 e. The smallest absolute Gasteiger partial charge is 0.220 e. The lowest BCUT2D eigenvalue weighted by Crippen LogP contribution is -2.26. The molecule has 1 heterocycles. The first kappa shape index (κ1) is 15.8. The molecule has 0 saturated heterocycles. The van der Waals surface area contributed by atoms with Crippen molar-refractivity contribution in [2.75, 3.05) is 6.54 Å². The number of fused-ring (bicyclic) bond motifs is 1. The number of H-pyrrole nitrogens is 1. The molecule has 0 spiro atoms. The van der Waals surface area contributed by atoms with E-state index in [-0.39, 0.29) is 5.91 Å². The van der Waals surface area contributed by atoms with E-state index >= 15 is 0 Å². The van der Waals surface area contributed by atoms with E-state index in [2.05, 4.69) is 21.4 Å². The zero-order valence-corrected chi connectivity index (χ0v) is 13.2. The molecule has 0 bridgehead atoms. The van der Waals surface area contributed by atoms with Crippen molar-refractivity contribution >= 4 is 16.9 Å². The number of aryl methyl sites for hydroxylation is 1. The molecule has 5 nitrogen and oxygen atoms in total. The standard InChI is InChI=1S/C19H18N4O/c20-13-15-7-5-14(6-8-15)9-10-19(24)21-12-11-18-22-16-3-1-2-4-17(16)23-18/h1-8H,9-12H2,(H,21,24)(H,22,23). The van der Waals surface area contributed by atoms with Gasteiger partial charge >= 0.3 is 0 Å². The molecule has 3 aromatic rings. The number of para-hydroxylation sites is 2. The van der Waals surface area contributed by atoms with Crippen molar-refractivity contribution < 1.29 is 4.79 Å². The Hall–Kier alpha value is -3.13. The highest BCUT2D eigenvalue weighted by Gasteiger charge is 2.05. The summed E-state index contributed by atoms with van der Waals surface area (Å²) in [5.74, 6) is 0.902. The van der Waals surface area contributed by atoms with Crippen molar-refractivity contribution in [1.29, 1.82) is 5.26 Å². The molecule has 1 aromatic heterocycles. The van der Waals surface area contributed by atoms with Crippen LogP contribution in [0.25, 0.3) is 11.0 Å². The fourth-order valence-corrected chi connectivity index (χ4v) is 2.54.